The lowest BCUT2D eigenvalue weighted by molar-refractivity contribution is -0.139. The summed E-state index contributed by atoms with van der Waals surface area (Å²) >= 11 is 18.5. The molecule has 202 valence electrons. The molecule has 2 unspecified atom stereocenters. The molecule has 2 aromatic carbocycles. The molecule has 2 aliphatic rings. The number of hydrogen-bond acceptors (Lipinski definition) is 5. The molecule has 0 saturated carbocycles. The fourth-order valence-corrected chi connectivity index (χ4v) is 5.46. The molecule has 11 heteroatoms. The summed E-state index contributed by atoms with van der Waals surface area (Å²) in [5.74, 6) is -0.596. The molecule has 0 spiro atoms. The molecule has 3 amide bonds. The van der Waals surface area contributed by atoms with Crippen LogP contribution in [-0.2, 0) is 9.53 Å². The van der Waals surface area contributed by atoms with E-state index >= 15 is 0 Å². The van der Waals surface area contributed by atoms with Gasteiger partial charge >= 0.3 is 12.0 Å². The normalized spacial score (nSPS) is 20.4. The van der Waals surface area contributed by atoms with E-state index in [1.165, 1.54) is 4.90 Å². The van der Waals surface area contributed by atoms with Crippen LogP contribution in [0.2, 0.25) is 15.1 Å². The van der Waals surface area contributed by atoms with Crippen molar-refractivity contribution in [3.8, 4) is 0 Å². The zero-order valence-electron chi connectivity index (χ0n) is 21.3. The maximum absolute atomic E-state index is 13.2. The number of carbonyl (C=O) groups is 3. The second-order valence-electron chi connectivity index (χ2n) is 9.28. The van der Waals surface area contributed by atoms with Gasteiger partial charge in [0.15, 0.2) is 0 Å². The summed E-state index contributed by atoms with van der Waals surface area (Å²) in [5.41, 5.74) is 1.96. The molecule has 4 rings (SSSR count). The van der Waals surface area contributed by atoms with Gasteiger partial charge in [0.2, 0.25) is 0 Å². The highest BCUT2D eigenvalue weighted by atomic mass is 35.5. The first-order valence-corrected chi connectivity index (χ1v) is 13.4. The van der Waals surface area contributed by atoms with Crippen molar-refractivity contribution in [2.75, 3.05) is 39.8 Å². The maximum atomic E-state index is 13.2. The summed E-state index contributed by atoms with van der Waals surface area (Å²) in [5, 5.41) is 4.22. The molecule has 0 aliphatic carbocycles. The molecule has 1 N–H and O–H groups in total. The molecule has 0 aromatic heterocycles. The molecule has 0 radical (unpaired) electrons. The molecule has 2 aromatic rings. The summed E-state index contributed by atoms with van der Waals surface area (Å²) in [7, 11) is 1.62. The third kappa shape index (κ3) is 5.94. The number of rotatable bonds is 6. The largest absolute Gasteiger partial charge is 0.463 e. The number of nitrogens with one attached hydrogen (secondary N) is 1. The highest BCUT2D eigenvalue weighted by molar-refractivity contribution is 6.35. The average Bonchev–Trinajstić information content (AvgIpc) is 2.87. The van der Waals surface area contributed by atoms with Crippen molar-refractivity contribution in [3.05, 3.63) is 79.9 Å². The standard InChI is InChI=1S/C27H29Cl3N4O4/c1-4-38-26(36)23-22(32(3)27(37)31-24(23)20-10-9-19(29)13-21(20)30)15-33-11-12-34(16(2)14-33)25(35)17-5-7-18(28)8-6-17/h5-10,13,16,24H,4,11-12,14-15H2,1-3H3,(H,31,37). The van der Waals surface area contributed by atoms with Gasteiger partial charge in [-0.3, -0.25) is 14.6 Å². The Bertz CT molecular complexity index is 1270. The summed E-state index contributed by atoms with van der Waals surface area (Å²) < 4.78 is 5.40. The van der Waals surface area contributed by atoms with Crippen LogP contribution in [0.4, 0.5) is 4.79 Å². The predicted octanol–water partition coefficient (Wildman–Crippen LogP) is 5.01. The number of hydrogen-bond donors (Lipinski definition) is 1. The van der Waals surface area contributed by atoms with E-state index in [1.807, 2.05) is 11.8 Å². The number of carbonyl (C=O) groups excluding carboxylic acids is 3. The third-order valence-corrected chi connectivity index (χ3v) is 7.60. The highest BCUT2D eigenvalue weighted by Gasteiger charge is 2.39. The average molecular weight is 580 g/mol. The van der Waals surface area contributed by atoms with Gasteiger partial charge < -0.3 is 15.0 Å². The van der Waals surface area contributed by atoms with Crippen LogP contribution in [0.15, 0.2) is 53.7 Å². The maximum Gasteiger partial charge on any atom is 0.338 e. The Morgan fingerprint density at radius 3 is 2.37 bits per heavy atom. The molecular weight excluding hydrogens is 551 g/mol. The number of esters is 1. The van der Waals surface area contributed by atoms with Gasteiger partial charge in [-0.05, 0) is 55.8 Å². The van der Waals surface area contributed by atoms with Crippen LogP contribution in [0.3, 0.4) is 0 Å². The van der Waals surface area contributed by atoms with Crippen LogP contribution >= 0.6 is 34.8 Å². The van der Waals surface area contributed by atoms with E-state index in [2.05, 4.69) is 10.2 Å². The number of urea groups is 1. The van der Waals surface area contributed by atoms with Crippen LogP contribution in [0.1, 0.15) is 35.8 Å². The van der Waals surface area contributed by atoms with E-state index in [4.69, 9.17) is 39.5 Å². The van der Waals surface area contributed by atoms with Crippen molar-refractivity contribution in [3.63, 3.8) is 0 Å². The Hall–Kier alpha value is -2.78. The van der Waals surface area contributed by atoms with Gasteiger partial charge in [-0.15, -0.1) is 0 Å². The minimum atomic E-state index is -0.803. The number of likely N-dealkylation sites (N-methyl/N-ethyl adjacent to an activating group) is 1. The molecular formula is C27H29Cl3N4O4. The molecule has 38 heavy (non-hydrogen) atoms. The van der Waals surface area contributed by atoms with Gasteiger partial charge in [0, 0.05) is 65.6 Å². The summed E-state index contributed by atoms with van der Waals surface area (Å²) in [6.45, 7) is 5.81. The van der Waals surface area contributed by atoms with E-state index in [1.54, 1.807) is 56.4 Å². The molecule has 2 aliphatic heterocycles. The Morgan fingerprint density at radius 1 is 1.05 bits per heavy atom. The zero-order chi connectivity index (χ0) is 27.6. The highest BCUT2D eigenvalue weighted by Crippen LogP contribution is 2.36. The lowest BCUT2D eigenvalue weighted by Gasteiger charge is -2.42. The number of ether oxygens (including phenoxy) is 1. The Labute approximate surface area is 237 Å². The van der Waals surface area contributed by atoms with Crippen molar-refractivity contribution >= 4 is 52.7 Å². The Kier molecular flexibility index (Phi) is 8.88. The van der Waals surface area contributed by atoms with Gasteiger partial charge in [-0.25, -0.2) is 9.59 Å². The van der Waals surface area contributed by atoms with E-state index in [0.29, 0.717) is 63.6 Å². The van der Waals surface area contributed by atoms with E-state index in [0.717, 1.165) is 0 Å². The first kappa shape index (κ1) is 28.2. The first-order chi connectivity index (χ1) is 18.1. The van der Waals surface area contributed by atoms with Gasteiger partial charge in [0.1, 0.15) is 0 Å². The van der Waals surface area contributed by atoms with E-state index in [-0.39, 0.29) is 24.6 Å². The first-order valence-electron chi connectivity index (χ1n) is 12.3. The summed E-state index contributed by atoms with van der Waals surface area (Å²) in [6, 6.07) is 10.5. The van der Waals surface area contributed by atoms with Crippen LogP contribution < -0.4 is 5.32 Å². The zero-order valence-corrected chi connectivity index (χ0v) is 23.6. The number of piperazine rings is 1. The SMILES string of the molecule is CCOC(=O)C1=C(CN2CCN(C(=O)c3ccc(Cl)cc3)C(C)C2)N(C)C(=O)NC1c1ccc(Cl)cc1Cl. The van der Waals surface area contributed by atoms with Crippen LogP contribution in [0, 0.1) is 0 Å². The Balaban J connectivity index is 1.61. The van der Waals surface area contributed by atoms with Gasteiger partial charge in [0.05, 0.1) is 18.2 Å². The quantitative estimate of drug-likeness (QED) is 0.487. The molecule has 1 fully saturated rings. The van der Waals surface area contributed by atoms with Crippen LogP contribution in [-0.4, -0.2) is 78.5 Å². The number of nitrogens with zero attached hydrogens (tertiary/aromatic N) is 3. The molecule has 2 heterocycles. The third-order valence-electron chi connectivity index (χ3n) is 6.78. The molecule has 2 atom stereocenters. The van der Waals surface area contributed by atoms with Crippen molar-refractivity contribution < 1.29 is 19.1 Å². The smallest absolute Gasteiger partial charge is 0.338 e. The van der Waals surface area contributed by atoms with Gasteiger partial charge in [-0.2, -0.15) is 0 Å². The van der Waals surface area contributed by atoms with Gasteiger partial charge in [0.25, 0.3) is 5.91 Å². The van der Waals surface area contributed by atoms with Crippen molar-refractivity contribution in [2.45, 2.75) is 25.9 Å². The van der Waals surface area contributed by atoms with E-state index in [9.17, 15) is 14.4 Å². The minimum Gasteiger partial charge on any atom is -0.463 e. The second-order valence-corrected chi connectivity index (χ2v) is 10.6. The van der Waals surface area contributed by atoms with E-state index < -0.39 is 12.0 Å². The van der Waals surface area contributed by atoms with Crippen molar-refractivity contribution in [2.24, 2.45) is 0 Å². The lowest BCUT2D eigenvalue weighted by Crippen LogP contribution is -2.56. The van der Waals surface area contributed by atoms with Crippen molar-refractivity contribution in [1.29, 1.82) is 0 Å². The Morgan fingerprint density at radius 2 is 1.74 bits per heavy atom. The fourth-order valence-electron chi connectivity index (χ4n) is 4.82. The van der Waals surface area contributed by atoms with Crippen LogP contribution in [0.25, 0.3) is 0 Å². The number of amides is 3. The summed E-state index contributed by atoms with van der Waals surface area (Å²) in [6.07, 6.45) is 0. The predicted molar refractivity (Wildman–Crippen MR) is 148 cm³/mol. The fraction of sp³-hybridized carbons (Fsp3) is 0.370. The number of halogens is 3. The second kappa shape index (κ2) is 11.9. The topological polar surface area (TPSA) is 82.2 Å². The van der Waals surface area contributed by atoms with Gasteiger partial charge in [-0.1, -0.05) is 40.9 Å². The molecule has 0 bridgehead atoms. The van der Waals surface area contributed by atoms with Crippen molar-refractivity contribution in [1.82, 2.24) is 20.0 Å². The summed E-state index contributed by atoms with van der Waals surface area (Å²) in [4.78, 5) is 44.7. The minimum absolute atomic E-state index is 0.0631. The van der Waals surface area contributed by atoms with Crippen LogP contribution in [0.5, 0.6) is 0 Å². The molecule has 8 nitrogen and oxygen atoms in total. The monoisotopic (exact) mass is 578 g/mol. The lowest BCUT2D eigenvalue weighted by atomic mass is 9.94. The number of benzene rings is 2. The molecule has 1 saturated heterocycles.